The SMILES string of the molecule is CCCC(=O)NCCN(c1cc(C)ccc1OC)S(C)(=O)=O. The van der Waals surface area contributed by atoms with Crippen molar-refractivity contribution in [2.24, 2.45) is 0 Å². The number of carbonyl (C=O) groups excluding carboxylic acids is 1. The lowest BCUT2D eigenvalue weighted by Crippen LogP contribution is -2.38. The maximum atomic E-state index is 12.1. The minimum atomic E-state index is -3.48. The second-order valence-corrected chi connectivity index (χ2v) is 7.02. The van der Waals surface area contributed by atoms with E-state index in [4.69, 9.17) is 4.74 Å². The fraction of sp³-hybridized carbons (Fsp3) is 0.533. The number of nitrogens with one attached hydrogen (secondary N) is 1. The highest BCUT2D eigenvalue weighted by Crippen LogP contribution is 2.30. The number of rotatable bonds is 8. The first kappa shape index (κ1) is 18.3. The predicted molar refractivity (Wildman–Crippen MR) is 87.8 cm³/mol. The summed E-state index contributed by atoms with van der Waals surface area (Å²) >= 11 is 0. The van der Waals surface area contributed by atoms with Gasteiger partial charge in [0.25, 0.3) is 0 Å². The molecule has 0 bridgehead atoms. The smallest absolute Gasteiger partial charge is 0.232 e. The Morgan fingerprint density at radius 2 is 2.05 bits per heavy atom. The molecule has 0 fully saturated rings. The number of hydrogen-bond donors (Lipinski definition) is 1. The minimum absolute atomic E-state index is 0.0767. The lowest BCUT2D eigenvalue weighted by Gasteiger charge is -2.24. The van der Waals surface area contributed by atoms with Crippen LogP contribution in [0.5, 0.6) is 5.75 Å². The molecule has 0 aromatic heterocycles. The normalized spacial score (nSPS) is 11.1. The van der Waals surface area contributed by atoms with E-state index in [1.165, 1.54) is 11.4 Å². The first-order valence-electron chi connectivity index (χ1n) is 7.18. The zero-order valence-electron chi connectivity index (χ0n) is 13.5. The lowest BCUT2D eigenvalue weighted by molar-refractivity contribution is -0.121. The molecule has 0 spiro atoms. The third kappa shape index (κ3) is 5.22. The average molecular weight is 328 g/mol. The highest BCUT2D eigenvalue weighted by atomic mass is 32.2. The van der Waals surface area contributed by atoms with Crippen molar-refractivity contribution in [1.29, 1.82) is 0 Å². The van der Waals surface area contributed by atoms with Crippen molar-refractivity contribution in [1.82, 2.24) is 5.32 Å². The van der Waals surface area contributed by atoms with Crippen molar-refractivity contribution in [2.75, 3.05) is 30.8 Å². The third-order valence-corrected chi connectivity index (χ3v) is 4.30. The molecule has 1 aromatic carbocycles. The summed E-state index contributed by atoms with van der Waals surface area (Å²) < 4.78 is 30.6. The Kier molecular flexibility index (Phi) is 6.67. The van der Waals surface area contributed by atoms with E-state index < -0.39 is 10.0 Å². The van der Waals surface area contributed by atoms with E-state index in [2.05, 4.69) is 5.32 Å². The zero-order valence-corrected chi connectivity index (χ0v) is 14.4. The second-order valence-electron chi connectivity index (χ2n) is 5.11. The van der Waals surface area contributed by atoms with Gasteiger partial charge >= 0.3 is 0 Å². The van der Waals surface area contributed by atoms with Gasteiger partial charge in [-0.25, -0.2) is 8.42 Å². The number of carbonyl (C=O) groups is 1. The summed E-state index contributed by atoms with van der Waals surface area (Å²) in [4.78, 5) is 11.5. The molecule has 22 heavy (non-hydrogen) atoms. The number of sulfonamides is 1. The van der Waals surface area contributed by atoms with Gasteiger partial charge in [0, 0.05) is 13.0 Å². The molecule has 1 amide bonds. The van der Waals surface area contributed by atoms with E-state index in [1.807, 2.05) is 19.9 Å². The van der Waals surface area contributed by atoms with Gasteiger partial charge in [0.05, 0.1) is 25.6 Å². The average Bonchev–Trinajstić information content (AvgIpc) is 2.42. The Morgan fingerprint density at radius 1 is 1.36 bits per heavy atom. The van der Waals surface area contributed by atoms with Crippen molar-refractivity contribution < 1.29 is 17.9 Å². The van der Waals surface area contributed by atoms with E-state index in [1.54, 1.807) is 12.1 Å². The summed E-state index contributed by atoms with van der Waals surface area (Å²) in [5.41, 5.74) is 1.41. The summed E-state index contributed by atoms with van der Waals surface area (Å²) in [5.74, 6) is 0.406. The fourth-order valence-electron chi connectivity index (χ4n) is 2.07. The molecule has 0 saturated heterocycles. The number of nitrogens with zero attached hydrogens (tertiary/aromatic N) is 1. The van der Waals surface area contributed by atoms with Gasteiger partial charge in [-0.05, 0) is 31.0 Å². The quantitative estimate of drug-likeness (QED) is 0.788. The van der Waals surface area contributed by atoms with Gasteiger partial charge in [0.15, 0.2) is 0 Å². The van der Waals surface area contributed by atoms with E-state index in [9.17, 15) is 13.2 Å². The number of benzene rings is 1. The summed E-state index contributed by atoms with van der Waals surface area (Å²) in [6.07, 6.45) is 2.34. The van der Waals surface area contributed by atoms with Crippen LogP contribution in [0.15, 0.2) is 18.2 Å². The Morgan fingerprint density at radius 3 is 2.59 bits per heavy atom. The predicted octanol–water partition coefficient (Wildman–Crippen LogP) is 1.69. The number of aryl methyl sites for hydroxylation is 1. The van der Waals surface area contributed by atoms with Crippen molar-refractivity contribution >= 4 is 21.6 Å². The van der Waals surface area contributed by atoms with Crippen molar-refractivity contribution in [3.05, 3.63) is 23.8 Å². The number of anilines is 1. The van der Waals surface area contributed by atoms with Crippen LogP contribution >= 0.6 is 0 Å². The largest absolute Gasteiger partial charge is 0.495 e. The molecule has 7 heteroatoms. The van der Waals surface area contributed by atoms with Crippen LogP contribution in [0, 0.1) is 6.92 Å². The summed E-state index contributed by atoms with van der Waals surface area (Å²) in [6, 6.07) is 5.35. The molecule has 1 N–H and O–H groups in total. The molecule has 6 nitrogen and oxygen atoms in total. The lowest BCUT2D eigenvalue weighted by atomic mass is 10.2. The van der Waals surface area contributed by atoms with Crippen molar-refractivity contribution in [3.63, 3.8) is 0 Å². The van der Waals surface area contributed by atoms with Crippen LogP contribution in [-0.4, -0.2) is 40.8 Å². The maximum Gasteiger partial charge on any atom is 0.232 e. The van der Waals surface area contributed by atoms with Crippen LogP contribution in [0.25, 0.3) is 0 Å². The molecular formula is C15H24N2O4S. The van der Waals surface area contributed by atoms with Gasteiger partial charge < -0.3 is 10.1 Å². The molecule has 1 rings (SSSR count). The highest BCUT2D eigenvalue weighted by Gasteiger charge is 2.21. The Balaban J connectivity index is 2.96. The molecule has 1 aromatic rings. The zero-order chi connectivity index (χ0) is 16.8. The minimum Gasteiger partial charge on any atom is -0.495 e. The molecular weight excluding hydrogens is 304 g/mol. The molecule has 0 atom stereocenters. The van der Waals surface area contributed by atoms with Gasteiger partial charge in [-0.15, -0.1) is 0 Å². The molecule has 0 unspecified atom stereocenters. The monoisotopic (exact) mass is 328 g/mol. The van der Waals surface area contributed by atoms with E-state index in [0.29, 0.717) is 17.9 Å². The van der Waals surface area contributed by atoms with Crippen molar-refractivity contribution in [3.8, 4) is 5.75 Å². The summed E-state index contributed by atoms with van der Waals surface area (Å²) in [5, 5.41) is 2.72. The Labute approximate surface area is 132 Å². The number of methoxy groups -OCH3 is 1. The van der Waals surface area contributed by atoms with Gasteiger partial charge in [0.1, 0.15) is 5.75 Å². The molecule has 0 saturated carbocycles. The van der Waals surface area contributed by atoms with Crippen LogP contribution in [0.1, 0.15) is 25.3 Å². The van der Waals surface area contributed by atoms with E-state index >= 15 is 0 Å². The maximum absolute atomic E-state index is 12.1. The second kappa shape index (κ2) is 8.03. The molecule has 0 aliphatic carbocycles. The van der Waals surface area contributed by atoms with Gasteiger partial charge in [-0.2, -0.15) is 0 Å². The standard InChI is InChI=1S/C15H24N2O4S/c1-5-6-15(18)16-9-10-17(22(4,19)20)13-11-12(2)7-8-14(13)21-3/h7-8,11H,5-6,9-10H2,1-4H3,(H,16,18). The fourth-order valence-corrected chi connectivity index (χ4v) is 3.00. The van der Waals surface area contributed by atoms with Crippen LogP contribution in [0.2, 0.25) is 0 Å². The third-order valence-electron chi connectivity index (χ3n) is 3.12. The van der Waals surface area contributed by atoms with Crippen LogP contribution in [0.4, 0.5) is 5.69 Å². The number of ether oxygens (including phenoxy) is 1. The molecule has 0 heterocycles. The topological polar surface area (TPSA) is 75.7 Å². The molecule has 0 radical (unpaired) electrons. The van der Waals surface area contributed by atoms with Crippen LogP contribution < -0.4 is 14.4 Å². The van der Waals surface area contributed by atoms with Crippen molar-refractivity contribution in [2.45, 2.75) is 26.7 Å². The van der Waals surface area contributed by atoms with Gasteiger partial charge in [-0.1, -0.05) is 13.0 Å². The van der Waals surface area contributed by atoms with E-state index in [0.717, 1.165) is 18.2 Å². The Hall–Kier alpha value is -1.76. The van der Waals surface area contributed by atoms with Gasteiger partial charge in [-0.3, -0.25) is 9.10 Å². The number of hydrogen-bond acceptors (Lipinski definition) is 4. The highest BCUT2D eigenvalue weighted by molar-refractivity contribution is 7.92. The number of amides is 1. The first-order valence-corrected chi connectivity index (χ1v) is 9.03. The molecule has 0 aliphatic heterocycles. The van der Waals surface area contributed by atoms with Crippen LogP contribution in [0.3, 0.4) is 0 Å². The summed E-state index contributed by atoms with van der Waals surface area (Å²) in [6.45, 7) is 4.21. The van der Waals surface area contributed by atoms with Crippen LogP contribution in [-0.2, 0) is 14.8 Å². The molecule has 124 valence electrons. The first-order chi connectivity index (χ1) is 10.3. The van der Waals surface area contributed by atoms with Gasteiger partial charge in [0.2, 0.25) is 15.9 Å². The molecule has 0 aliphatic rings. The Bertz CT molecular complexity index is 614. The van der Waals surface area contributed by atoms with E-state index in [-0.39, 0.29) is 19.0 Å². The summed E-state index contributed by atoms with van der Waals surface area (Å²) in [7, 11) is -1.98.